The summed E-state index contributed by atoms with van der Waals surface area (Å²) in [6.07, 6.45) is 2.08. The van der Waals surface area contributed by atoms with Crippen molar-refractivity contribution in [2.75, 3.05) is 0 Å². The minimum atomic E-state index is 0.694. The van der Waals surface area contributed by atoms with Crippen LogP contribution < -0.4 is 4.57 Å². The van der Waals surface area contributed by atoms with E-state index in [1.165, 1.54) is 39.0 Å². The van der Waals surface area contributed by atoms with Crippen LogP contribution in [0.15, 0.2) is 36.4 Å². The smallest absolute Gasteiger partial charge is 0.220 e. The van der Waals surface area contributed by atoms with Gasteiger partial charge in [0.1, 0.15) is 7.05 Å². The lowest BCUT2D eigenvalue weighted by Gasteiger charge is -2.14. The van der Waals surface area contributed by atoms with Crippen molar-refractivity contribution in [3.63, 3.8) is 0 Å². The minimum Gasteiger partial charge on any atom is -0.238 e. The third kappa shape index (κ3) is 2.91. The topological polar surface area (TPSA) is 8.24 Å². The van der Waals surface area contributed by atoms with Crippen LogP contribution in [0.4, 0.5) is 5.69 Å². The van der Waals surface area contributed by atoms with Crippen LogP contribution in [0, 0.1) is 20.4 Å². The van der Waals surface area contributed by atoms with Crippen LogP contribution in [0.5, 0.6) is 0 Å². The van der Waals surface area contributed by atoms with Crippen LogP contribution in [0.25, 0.3) is 26.9 Å². The van der Waals surface area contributed by atoms with Gasteiger partial charge < -0.3 is 0 Å². The summed E-state index contributed by atoms with van der Waals surface area (Å²) in [5.74, 6) is 0. The Kier molecular flexibility index (Phi) is 4.59. The molecule has 0 saturated carbocycles. The lowest BCUT2D eigenvalue weighted by molar-refractivity contribution is -0.665. The summed E-state index contributed by atoms with van der Waals surface area (Å²) in [6, 6.07) is 12.9. The molecule has 1 heterocycles. The van der Waals surface area contributed by atoms with Crippen LogP contribution in [-0.4, -0.2) is 0 Å². The van der Waals surface area contributed by atoms with Crippen LogP contribution >= 0.6 is 0 Å². The second-order valence-corrected chi connectivity index (χ2v) is 6.71. The summed E-state index contributed by atoms with van der Waals surface area (Å²) < 4.78 is 2.28. The molecule has 3 aromatic rings. The quantitative estimate of drug-likeness (QED) is 0.435. The molecule has 0 aliphatic carbocycles. The van der Waals surface area contributed by atoms with E-state index in [1.54, 1.807) is 0 Å². The van der Waals surface area contributed by atoms with Gasteiger partial charge in [0.25, 0.3) is 0 Å². The fraction of sp³-hybridized carbons (Fsp3) is 0.304. The van der Waals surface area contributed by atoms with E-state index >= 15 is 0 Å². The first-order valence-electron chi connectivity index (χ1n) is 8.93. The van der Waals surface area contributed by atoms with Crippen molar-refractivity contribution < 1.29 is 4.57 Å². The number of benzene rings is 2. The highest BCUT2D eigenvalue weighted by Gasteiger charge is 2.21. The lowest BCUT2D eigenvalue weighted by Crippen LogP contribution is -2.35. The Bertz CT molecular complexity index is 1010. The molecule has 25 heavy (non-hydrogen) atoms. The van der Waals surface area contributed by atoms with Crippen molar-refractivity contribution in [2.45, 2.75) is 40.5 Å². The summed E-state index contributed by atoms with van der Waals surface area (Å²) in [7, 11) is 2.14. The zero-order chi connectivity index (χ0) is 18.1. The zero-order valence-electron chi connectivity index (χ0n) is 15.8. The van der Waals surface area contributed by atoms with Gasteiger partial charge in [-0.3, -0.25) is 0 Å². The monoisotopic (exact) mass is 329 g/mol. The third-order valence-corrected chi connectivity index (χ3v) is 5.27. The van der Waals surface area contributed by atoms with Crippen LogP contribution in [-0.2, 0) is 19.9 Å². The van der Waals surface area contributed by atoms with Gasteiger partial charge in [-0.2, -0.15) is 4.57 Å². The molecule has 0 aliphatic rings. The number of aryl methyl sites for hydroxylation is 3. The van der Waals surface area contributed by atoms with Crippen molar-refractivity contribution in [1.82, 2.24) is 0 Å². The molecule has 0 aliphatic heterocycles. The maximum absolute atomic E-state index is 7.29. The van der Waals surface area contributed by atoms with E-state index in [1.807, 2.05) is 12.1 Å². The Morgan fingerprint density at radius 2 is 1.76 bits per heavy atom. The number of hydrogen-bond donors (Lipinski definition) is 0. The Morgan fingerprint density at radius 3 is 2.40 bits per heavy atom. The van der Waals surface area contributed by atoms with Crippen LogP contribution in [0.3, 0.4) is 0 Å². The van der Waals surface area contributed by atoms with E-state index < -0.39 is 0 Å². The summed E-state index contributed by atoms with van der Waals surface area (Å²) in [5, 5.41) is 2.34. The predicted octanol–water partition coefficient (Wildman–Crippen LogP) is 5.62. The Hall–Kier alpha value is -2.66. The van der Waals surface area contributed by atoms with E-state index in [2.05, 4.69) is 68.4 Å². The van der Waals surface area contributed by atoms with Gasteiger partial charge in [0.2, 0.25) is 5.69 Å². The largest absolute Gasteiger partial charge is 0.238 e. The fourth-order valence-corrected chi connectivity index (χ4v) is 3.62. The van der Waals surface area contributed by atoms with Crippen molar-refractivity contribution in [3.05, 3.63) is 70.2 Å². The fourth-order valence-electron chi connectivity index (χ4n) is 3.62. The standard InChI is InChI=1S/C23H25N2/c1-7-17-12-18(8-2)16(4)22(13-17)23-21-10-9-20(24-5)14-19(21)11-15(3)25(23)6/h9-14H,7-8H2,1-4,6H3/q+1. The SMILES string of the molecule is [C-]#[N+]c1ccc2c(-c3cc(CC)cc(CC)c3C)[n+](C)c(C)cc2c1. The number of rotatable bonds is 3. The Morgan fingerprint density at radius 1 is 1.00 bits per heavy atom. The van der Waals surface area contributed by atoms with Crippen LogP contribution in [0.2, 0.25) is 0 Å². The first kappa shape index (κ1) is 17.2. The molecule has 2 nitrogen and oxygen atoms in total. The van der Waals surface area contributed by atoms with Gasteiger partial charge in [-0.15, -0.1) is 0 Å². The van der Waals surface area contributed by atoms with Gasteiger partial charge in [-0.1, -0.05) is 32.0 Å². The van der Waals surface area contributed by atoms with Gasteiger partial charge in [0, 0.05) is 13.0 Å². The number of hydrogen-bond acceptors (Lipinski definition) is 0. The second-order valence-electron chi connectivity index (χ2n) is 6.71. The molecule has 0 atom stereocenters. The average Bonchev–Trinajstić information content (AvgIpc) is 2.63. The van der Waals surface area contributed by atoms with E-state index in [9.17, 15) is 0 Å². The first-order valence-corrected chi connectivity index (χ1v) is 8.93. The summed E-state index contributed by atoms with van der Waals surface area (Å²) in [5.41, 5.74) is 8.60. The molecular weight excluding hydrogens is 304 g/mol. The molecule has 0 N–H and O–H groups in total. The van der Waals surface area contributed by atoms with Crippen molar-refractivity contribution in [1.29, 1.82) is 0 Å². The van der Waals surface area contributed by atoms with E-state index in [0.717, 1.165) is 18.2 Å². The molecule has 1 aromatic heterocycles. The minimum absolute atomic E-state index is 0.694. The molecule has 0 amide bonds. The molecule has 0 bridgehead atoms. The molecule has 0 saturated heterocycles. The van der Waals surface area contributed by atoms with Gasteiger partial charge in [-0.25, -0.2) is 4.85 Å². The lowest BCUT2D eigenvalue weighted by atomic mass is 9.91. The van der Waals surface area contributed by atoms with Gasteiger partial charge in [0.15, 0.2) is 11.4 Å². The Labute approximate surface area is 150 Å². The predicted molar refractivity (Wildman–Crippen MR) is 105 cm³/mol. The molecule has 2 aromatic carbocycles. The summed E-state index contributed by atoms with van der Waals surface area (Å²) in [6.45, 7) is 16.1. The van der Waals surface area contributed by atoms with Gasteiger partial charge in [0.05, 0.1) is 17.5 Å². The van der Waals surface area contributed by atoms with Gasteiger partial charge >= 0.3 is 0 Å². The highest BCUT2D eigenvalue weighted by Crippen LogP contribution is 2.33. The number of nitrogens with zero attached hydrogens (tertiary/aromatic N) is 2. The molecule has 0 fully saturated rings. The van der Waals surface area contributed by atoms with Gasteiger partial charge in [-0.05, 0) is 54.0 Å². The van der Waals surface area contributed by atoms with E-state index in [0.29, 0.717) is 5.69 Å². The third-order valence-electron chi connectivity index (χ3n) is 5.27. The van der Waals surface area contributed by atoms with Crippen molar-refractivity contribution in [3.8, 4) is 11.3 Å². The molecular formula is C23H25N2+. The normalized spacial score (nSPS) is 10.9. The molecule has 0 unspecified atom stereocenters. The summed E-state index contributed by atoms with van der Waals surface area (Å²) >= 11 is 0. The average molecular weight is 329 g/mol. The molecule has 0 spiro atoms. The summed E-state index contributed by atoms with van der Waals surface area (Å²) in [4.78, 5) is 3.59. The first-order chi connectivity index (χ1) is 12.0. The number of fused-ring (bicyclic) bond motifs is 1. The number of aromatic nitrogens is 1. The van der Waals surface area contributed by atoms with Crippen LogP contribution in [0.1, 0.15) is 36.2 Å². The zero-order valence-corrected chi connectivity index (χ0v) is 15.8. The maximum atomic E-state index is 7.29. The highest BCUT2D eigenvalue weighted by atomic mass is 14.9. The molecule has 126 valence electrons. The Balaban J connectivity index is 2.43. The molecule has 2 heteroatoms. The molecule has 3 rings (SSSR count). The van der Waals surface area contributed by atoms with Crippen molar-refractivity contribution in [2.24, 2.45) is 7.05 Å². The molecule has 0 radical (unpaired) electrons. The van der Waals surface area contributed by atoms with Crippen molar-refractivity contribution >= 4 is 16.5 Å². The van der Waals surface area contributed by atoms with E-state index in [-0.39, 0.29) is 0 Å². The number of pyridine rings is 1. The van der Waals surface area contributed by atoms with E-state index in [4.69, 9.17) is 6.57 Å². The highest BCUT2D eigenvalue weighted by molar-refractivity contribution is 5.96. The second kappa shape index (κ2) is 6.69. The maximum Gasteiger partial charge on any atom is 0.220 e.